The number of ether oxygens (including phenoxy) is 1. The van der Waals surface area contributed by atoms with E-state index in [1.807, 2.05) is 49.4 Å². The average Bonchev–Trinajstić information content (AvgIpc) is 2.54. The molecule has 0 saturated carbocycles. The fourth-order valence-corrected chi connectivity index (χ4v) is 1.93. The van der Waals surface area contributed by atoms with E-state index >= 15 is 0 Å². The molecule has 0 aliphatic rings. The van der Waals surface area contributed by atoms with Crippen molar-refractivity contribution < 1.29 is 9.53 Å². The van der Waals surface area contributed by atoms with Crippen molar-refractivity contribution in [3.8, 4) is 0 Å². The minimum Gasteiger partial charge on any atom is -0.448 e. The first-order valence-electron chi connectivity index (χ1n) is 6.98. The highest BCUT2D eigenvalue weighted by molar-refractivity contribution is 6.05. The van der Waals surface area contributed by atoms with Gasteiger partial charge in [-0.1, -0.05) is 37.3 Å². The van der Waals surface area contributed by atoms with Crippen LogP contribution in [0.3, 0.4) is 0 Å². The van der Waals surface area contributed by atoms with Crippen LogP contribution in [-0.4, -0.2) is 23.4 Å². The van der Waals surface area contributed by atoms with Crippen molar-refractivity contribution in [2.24, 2.45) is 4.99 Å². The molecule has 1 heterocycles. The topological polar surface area (TPSA) is 51.5 Å². The van der Waals surface area contributed by atoms with Crippen LogP contribution >= 0.6 is 0 Å². The summed E-state index contributed by atoms with van der Waals surface area (Å²) >= 11 is 0. The quantitative estimate of drug-likeness (QED) is 0.786. The third kappa shape index (κ3) is 4.84. The van der Waals surface area contributed by atoms with Gasteiger partial charge in [-0.2, -0.15) is 4.99 Å². The van der Waals surface area contributed by atoms with Crippen LogP contribution in [0.1, 0.15) is 24.5 Å². The fourth-order valence-electron chi connectivity index (χ4n) is 1.93. The first-order valence-corrected chi connectivity index (χ1v) is 6.98. The van der Waals surface area contributed by atoms with Crippen LogP contribution in [0.5, 0.6) is 0 Å². The van der Waals surface area contributed by atoms with E-state index in [2.05, 4.69) is 9.98 Å². The number of nitrogens with zero attached hydrogens (tertiary/aromatic N) is 2. The lowest BCUT2D eigenvalue weighted by Crippen LogP contribution is -2.08. The lowest BCUT2D eigenvalue weighted by molar-refractivity contribution is 0.158. The molecule has 2 rings (SSSR count). The number of aliphatic imine (C=N–C) groups is 1. The molecule has 0 saturated heterocycles. The van der Waals surface area contributed by atoms with E-state index in [0.717, 1.165) is 16.8 Å². The number of hydrogen-bond acceptors (Lipinski definition) is 3. The van der Waals surface area contributed by atoms with Crippen LogP contribution in [0.4, 0.5) is 4.79 Å². The summed E-state index contributed by atoms with van der Waals surface area (Å²) in [6, 6.07) is 13.5. The molecule has 4 nitrogen and oxygen atoms in total. The zero-order valence-corrected chi connectivity index (χ0v) is 12.0. The van der Waals surface area contributed by atoms with Gasteiger partial charge in [0, 0.05) is 18.8 Å². The molecule has 0 unspecified atom stereocenters. The second kappa shape index (κ2) is 7.94. The zero-order chi connectivity index (χ0) is 14.9. The molecule has 0 N–H and O–H groups in total. The standard InChI is InChI=1S/C17H18N2O2/c1-2-16(15-6-4-3-5-7-15)19-17(20)21-13-10-14-8-11-18-12-9-14/h3-9,11-12H,2,10,13H2,1H3/b19-16-. The summed E-state index contributed by atoms with van der Waals surface area (Å²) in [5, 5.41) is 0. The molecule has 0 spiro atoms. The highest BCUT2D eigenvalue weighted by Crippen LogP contribution is 2.05. The van der Waals surface area contributed by atoms with Gasteiger partial charge in [0.2, 0.25) is 0 Å². The maximum absolute atomic E-state index is 11.8. The molecule has 2 aromatic rings. The van der Waals surface area contributed by atoms with Gasteiger partial charge in [0.25, 0.3) is 0 Å². The van der Waals surface area contributed by atoms with Crippen molar-refractivity contribution in [3.05, 3.63) is 66.0 Å². The molecule has 0 radical (unpaired) electrons. The Hall–Kier alpha value is -2.49. The highest BCUT2D eigenvalue weighted by atomic mass is 16.5. The van der Waals surface area contributed by atoms with Crippen molar-refractivity contribution in [1.29, 1.82) is 0 Å². The number of amides is 1. The number of hydrogen-bond donors (Lipinski definition) is 0. The van der Waals surface area contributed by atoms with Gasteiger partial charge in [-0.3, -0.25) is 4.98 Å². The van der Waals surface area contributed by atoms with Crippen molar-refractivity contribution in [1.82, 2.24) is 4.98 Å². The summed E-state index contributed by atoms with van der Waals surface area (Å²) in [7, 11) is 0. The first-order chi connectivity index (χ1) is 10.3. The number of rotatable bonds is 5. The maximum atomic E-state index is 11.8. The van der Waals surface area contributed by atoms with Gasteiger partial charge in [-0.25, -0.2) is 4.79 Å². The van der Waals surface area contributed by atoms with Crippen LogP contribution in [0, 0.1) is 0 Å². The molecule has 21 heavy (non-hydrogen) atoms. The zero-order valence-electron chi connectivity index (χ0n) is 12.0. The molecule has 0 aliphatic heterocycles. The predicted molar refractivity (Wildman–Crippen MR) is 82.6 cm³/mol. The average molecular weight is 282 g/mol. The Bertz CT molecular complexity index is 595. The first kappa shape index (κ1) is 14.9. The Balaban J connectivity index is 1.89. The third-order valence-corrected chi connectivity index (χ3v) is 3.03. The van der Waals surface area contributed by atoms with Crippen LogP contribution in [0.25, 0.3) is 0 Å². The van der Waals surface area contributed by atoms with Crippen LogP contribution in [0.2, 0.25) is 0 Å². The lowest BCUT2D eigenvalue weighted by Gasteiger charge is -2.05. The van der Waals surface area contributed by atoms with E-state index in [0.29, 0.717) is 19.4 Å². The summed E-state index contributed by atoms with van der Waals surface area (Å²) in [6.45, 7) is 2.29. The van der Waals surface area contributed by atoms with Gasteiger partial charge in [-0.15, -0.1) is 0 Å². The van der Waals surface area contributed by atoms with Gasteiger partial charge in [0.15, 0.2) is 0 Å². The molecule has 0 atom stereocenters. The minimum atomic E-state index is -0.537. The molecule has 0 fully saturated rings. The monoisotopic (exact) mass is 282 g/mol. The van der Waals surface area contributed by atoms with E-state index in [-0.39, 0.29) is 0 Å². The van der Waals surface area contributed by atoms with Gasteiger partial charge in [0.1, 0.15) is 0 Å². The van der Waals surface area contributed by atoms with Crippen LogP contribution in [0.15, 0.2) is 59.9 Å². The van der Waals surface area contributed by atoms with E-state index in [1.54, 1.807) is 12.4 Å². The largest absolute Gasteiger partial charge is 0.448 e. The van der Waals surface area contributed by atoms with E-state index in [9.17, 15) is 4.79 Å². The van der Waals surface area contributed by atoms with E-state index < -0.39 is 6.09 Å². The second-order valence-electron chi connectivity index (χ2n) is 4.50. The number of pyridine rings is 1. The SMILES string of the molecule is CC/C(=N/C(=O)OCCc1ccncc1)c1ccccc1. The molecule has 4 heteroatoms. The smallest absolute Gasteiger partial charge is 0.433 e. The Morgan fingerprint density at radius 1 is 1.14 bits per heavy atom. The summed E-state index contributed by atoms with van der Waals surface area (Å²) in [5.74, 6) is 0. The molecule has 1 amide bonds. The Kier molecular flexibility index (Phi) is 5.64. The summed E-state index contributed by atoms with van der Waals surface area (Å²) in [4.78, 5) is 19.7. The van der Waals surface area contributed by atoms with Gasteiger partial charge in [-0.05, 0) is 29.7 Å². The van der Waals surface area contributed by atoms with E-state index in [4.69, 9.17) is 4.74 Å². The molecule has 0 bridgehead atoms. The summed E-state index contributed by atoms with van der Waals surface area (Å²) in [6.07, 6.45) is 4.25. The lowest BCUT2D eigenvalue weighted by atomic mass is 10.1. The van der Waals surface area contributed by atoms with Gasteiger partial charge < -0.3 is 4.74 Å². The normalized spacial score (nSPS) is 11.2. The van der Waals surface area contributed by atoms with Crippen LogP contribution in [-0.2, 0) is 11.2 Å². The second-order valence-corrected chi connectivity index (χ2v) is 4.50. The number of carbonyl (C=O) groups excluding carboxylic acids is 1. The summed E-state index contributed by atoms with van der Waals surface area (Å²) < 4.78 is 5.15. The maximum Gasteiger partial charge on any atom is 0.433 e. The molecular weight excluding hydrogens is 264 g/mol. The number of aromatic nitrogens is 1. The Labute approximate surface area is 124 Å². The van der Waals surface area contributed by atoms with Crippen molar-refractivity contribution >= 4 is 11.8 Å². The highest BCUT2D eigenvalue weighted by Gasteiger charge is 2.05. The van der Waals surface area contributed by atoms with Gasteiger partial charge in [0.05, 0.1) is 12.3 Å². The van der Waals surface area contributed by atoms with Crippen molar-refractivity contribution in [3.63, 3.8) is 0 Å². The molecule has 0 aliphatic carbocycles. The van der Waals surface area contributed by atoms with Crippen LogP contribution < -0.4 is 0 Å². The Morgan fingerprint density at radius 3 is 2.52 bits per heavy atom. The minimum absolute atomic E-state index is 0.318. The fraction of sp³-hybridized carbons (Fsp3) is 0.235. The van der Waals surface area contributed by atoms with E-state index in [1.165, 1.54) is 0 Å². The molecule has 108 valence electrons. The Morgan fingerprint density at radius 2 is 1.86 bits per heavy atom. The molecule has 1 aromatic carbocycles. The van der Waals surface area contributed by atoms with Gasteiger partial charge >= 0.3 is 6.09 Å². The summed E-state index contributed by atoms with van der Waals surface area (Å²) in [5.41, 5.74) is 2.77. The number of benzene rings is 1. The molecule has 1 aromatic heterocycles. The van der Waals surface area contributed by atoms with Crippen molar-refractivity contribution in [2.75, 3.05) is 6.61 Å². The predicted octanol–water partition coefficient (Wildman–Crippen LogP) is 3.66. The molecular formula is C17H18N2O2. The van der Waals surface area contributed by atoms with Crippen molar-refractivity contribution in [2.45, 2.75) is 19.8 Å². The third-order valence-electron chi connectivity index (χ3n) is 3.03. The number of carbonyl (C=O) groups is 1.